The van der Waals surface area contributed by atoms with E-state index in [2.05, 4.69) is 39.0 Å². The van der Waals surface area contributed by atoms with Crippen LogP contribution in [0.25, 0.3) is 22.0 Å². The van der Waals surface area contributed by atoms with Gasteiger partial charge in [0.25, 0.3) is 0 Å². The Morgan fingerprint density at radius 1 is 1.03 bits per heavy atom. The zero-order valence-corrected chi connectivity index (χ0v) is 22.3. The van der Waals surface area contributed by atoms with E-state index in [4.69, 9.17) is 14.9 Å². The number of nitrogens with two attached hydrogens (primary N) is 1. The molecule has 12 heteroatoms. The molecule has 3 rings (SSSR count). The number of nitrogens with zero attached hydrogens (tertiary/aromatic N) is 2. The Bertz CT molecular complexity index is 1250. The lowest BCUT2D eigenvalue weighted by atomic mass is 10.0. The van der Waals surface area contributed by atoms with E-state index >= 15 is 0 Å². The molecule has 37 heavy (non-hydrogen) atoms. The second-order valence-electron chi connectivity index (χ2n) is 10.4. The van der Waals surface area contributed by atoms with Crippen LogP contribution >= 0.6 is 0 Å². The van der Waals surface area contributed by atoms with Gasteiger partial charge in [-0.05, 0) is 48.3 Å². The Balaban J connectivity index is 1.87. The number of hydrogen-bond acceptors (Lipinski definition) is 4. The summed E-state index contributed by atoms with van der Waals surface area (Å²) in [5.41, 5.74) is 7.02. The number of aromatic nitrogens is 2. The first-order valence-corrected chi connectivity index (χ1v) is 14.6. The van der Waals surface area contributed by atoms with E-state index in [-0.39, 0.29) is 16.4 Å². The molecule has 0 unspecified atom stereocenters. The number of rotatable bonds is 9. The van der Waals surface area contributed by atoms with E-state index in [1.165, 1.54) is 12.1 Å². The molecule has 2 aromatic carbocycles. The molecule has 1 aromatic heterocycles. The molecule has 0 aliphatic carbocycles. The molecule has 0 bridgehead atoms. The zero-order valence-electron chi connectivity index (χ0n) is 21.3. The number of fused-ring (bicyclic) bond motifs is 1. The number of halogens is 6. The highest BCUT2D eigenvalue weighted by Crippen LogP contribution is 2.39. The van der Waals surface area contributed by atoms with Crippen LogP contribution in [0.15, 0.2) is 36.4 Å². The second-order valence-corrected chi connectivity index (χ2v) is 15.2. The average Bonchev–Trinajstić information content (AvgIpc) is 3.09. The predicted molar refractivity (Wildman–Crippen MR) is 134 cm³/mol. The minimum Gasteiger partial charge on any atom is -0.483 e. The molecule has 0 radical (unpaired) electrons. The molecule has 1 heterocycles. The molecule has 2 N–H and O–H groups in total. The number of hydrogen-bond donors (Lipinski definition) is 1. The van der Waals surface area contributed by atoms with Gasteiger partial charge in [0, 0.05) is 24.1 Å². The van der Waals surface area contributed by atoms with Gasteiger partial charge in [0.1, 0.15) is 0 Å². The van der Waals surface area contributed by atoms with Crippen LogP contribution < -0.4 is 10.5 Å². The van der Waals surface area contributed by atoms with Crippen LogP contribution in [-0.4, -0.2) is 43.4 Å². The van der Waals surface area contributed by atoms with Crippen molar-refractivity contribution in [3.63, 3.8) is 0 Å². The van der Waals surface area contributed by atoms with E-state index in [0.29, 0.717) is 36.0 Å². The van der Waals surface area contributed by atoms with Gasteiger partial charge in [-0.2, -0.15) is 27.1 Å². The van der Waals surface area contributed by atoms with E-state index in [9.17, 15) is 26.3 Å². The molecule has 0 saturated carbocycles. The summed E-state index contributed by atoms with van der Waals surface area (Å²) in [6.45, 7) is 9.70. The van der Waals surface area contributed by atoms with Gasteiger partial charge in [-0.15, -0.1) is 0 Å². The first-order valence-electron chi connectivity index (χ1n) is 11.7. The molecule has 0 atom stereocenters. The summed E-state index contributed by atoms with van der Waals surface area (Å²) in [6, 6.07) is 8.42. The maximum absolute atomic E-state index is 14.5. The van der Waals surface area contributed by atoms with Gasteiger partial charge in [-0.25, -0.2) is 4.39 Å². The van der Waals surface area contributed by atoms with Crippen LogP contribution in [0.5, 0.6) is 5.75 Å². The fourth-order valence-electron chi connectivity index (χ4n) is 3.42. The van der Waals surface area contributed by atoms with Gasteiger partial charge in [0.15, 0.2) is 32.3 Å². The van der Waals surface area contributed by atoms with Crippen molar-refractivity contribution in [3.05, 3.63) is 42.2 Å². The van der Waals surface area contributed by atoms with Crippen LogP contribution in [0.4, 0.5) is 32.2 Å². The summed E-state index contributed by atoms with van der Waals surface area (Å²) in [4.78, 5) is 0. The third-order valence-electron chi connectivity index (χ3n) is 6.65. The largest absolute Gasteiger partial charge is 0.483 e. The summed E-state index contributed by atoms with van der Waals surface area (Å²) >= 11 is 0. The van der Waals surface area contributed by atoms with Crippen molar-refractivity contribution < 1.29 is 35.5 Å². The van der Waals surface area contributed by atoms with Crippen LogP contribution in [0.3, 0.4) is 0 Å². The summed E-state index contributed by atoms with van der Waals surface area (Å²) in [6.07, 6.45) is -5.18. The number of para-hydroxylation sites is 1. The predicted octanol–water partition coefficient (Wildman–Crippen LogP) is 7.41. The minimum atomic E-state index is -5.82. The maximum Gasteiger partial charge on any atom is 0.456 e. The Labute approximate surface area is 212 Å². The highest BCUT2D eigenvalue weighted by Gasteiger charge is 2.58. The van der Waals surface area contributed by atoms with Gasteiger partial charge >= 0.3 is 12.1 Å². The lowest BCUT2D eigenvalue weighted by Gasteiger charge is -2.36. The van der Waals surface area contributed by atoms with Crippen molar-refractivity contribution in [2.24, 2.45) is 0 Å². The van der Waals surface area contributed by atoms with E-state index < -0.39 is 38.6 Å². The summed E-state index contributed by atoms with van der Waals surface area (Å²) in [5, 5.41) is 5.05. The molecule has 0 spiro atoms. The standard InChI is InChI=1S/C25H31F6N3O2Si/c1-23(2,3)37(4,5)36-13-7-12-34-20-14-16(10-11-18(20)22(32)33-34)17-8-6-9-19(26)21(17)35-15-24(27,28)25(29,30)31/h6,8-11,14H,7,12-13,15H2,1-5H3,(H2,32,33). The Kier molecular flexibility index (Phi) is 7.95. The third-order valence-corrected chi connectivity index (χ3v) is 11.2. The van der Waals surface area contributed by atoms with Gasteiger partial charge in [-0.1, -0.05) is 39.0 Å². The van der Waals surface area contributed by atoms with Gasteiger partial charge in [0.05, 0.1) is 5.52 Å². The monoisotopic (exact) mass is 547 g/mol. The van der Waals surface area contributed by atoms with Crippen LogP contribution in [-0.2, 0) is 11.0 Å². The van der Waals surface area contributed by atoms with Crippen molar-refractivity contribution in [2.75, 3.05) is 18.9 Å². The van der Waals surface area contributed by atoms with Gasteiger partial charge in [-0.3, -0.25) is 4.68 Å². The summed E-state index contributed by atoms with van der Waals surface area (Å²) < 4.78 is 91.6. The topological polar surface area (TPSA) is 62.3 Å². The molecule has 0 amide bonds. The quantitative estimate of drug-likeness (QED) is 0.172. The van der Waals surface area contributed by atoms with Crippen molar-refractivity contribution in [3.8, 4) is 16.9 Å². The zero-order chi connectivity index (χ0) is 27.8. The number of benzene rings is 2. The minimum absolute atomic E-state index is 0.0208. The third kappa shape index (κ3) is 6.23. The lowest BCUT2D eigenvalue weighted by molar-refractivity contribution is -0.290. The van der Waals surface area contributed by atoms with Gasteiger partial charge < -0.3 is 14.9 Å². The fourth-order valence-corrected chi connectivity index (χ4v) is 4.51. The van der Waals surface area contributed by atoms with E-state index in [1.807, 2.05) is 0 Å². The SMILES string of the molecule is CC(C)(C)[Si](C)(C)OCCCn1nc(N)c2ccc(-c3cccc(F)c3OCC(F)(F)C(F)(F)F)cc21. The summed E-state index contributed by atoms with van der Waals surface area (Å²) in [7, 11) is -1.92. The van der Waals surface area contributed by atoms with Crippen LogP contribution in [0.2, 0.25) is 18.1 Å². The summed E-state index contributed by atoms with van der Waals surface area (Å²) in [5.74, 6) is -6.64. The Morgan fingerprint density at radius 3 is 2.32 bits per heavy atom. The number of ether oxygens (including phenoxy) is 1. The van der Waals surface area contributed by atoms with Crippen LogP contribution in [0, 0.1) is 5.82 Å². The molecule has 204 valence electrons. The lowest BCUT2D eigenvalue weighted by Crippen LogP contribution is -2.41. The van der Waals surface area contributed by atoms with Crippen molar-refractivity contribution >= 4 is 25.0 Å². The Hall–Kier alpha value is -2.73. The molecule has 3 aromatic rings. The second kappa shape index (κ2) is 10.2. The average molecular weight is 548 g/mol. The highest BCUT2D eigenvalue weighted by atomic mass is 28.4. The number of nitrogen functional groups attached to an aromatic ring is 1. The molecule has 5 nitrogen and oxygen atoms in total. The van der Waals surface area contributed by atoms with E-state index in [0.717, 1.165) is 6.07 Å². The number of aryl methyl sites for hydroxylation is 1. The normalized spacial score (nSPS) is 13.4. The maximum atomic E-state index is 14.5. The first kappa shape index (κ1) is 28.8. The smallest absolute Gasteiger partial charge is 0.456 e. The molecular weight excluding hydrogens is 516 g/mol. The Morgan fingerprint density at radius 2 is 1.70 bits per heavy atom. The van der Waals surface area contributed by atoms with Crippen molar-refractivity contribution in [1.29, 1.82) is 0 Å². The number of alkyl halides is 5. The highest BCUT2D eigenvalue weighted by molar-refractivity contribution is 6.74. The van der Waals surface area contributed by atoms with Crippen molar-refractivity contribution in [1.82, 2.24) is 9.78 Å². The first-order chi connectivity index (χ1) is 16.9. The number of anilines is 1. The molecule has 0 fully saturated rings. The molecule has 0 saturated heterocycles. The van der Waals surface area contributed by atoms with Crippen LogP contribution in [0.1, 0.15) is 27.2 Å². The fraction of sp³-hybridized carbons (Fsp3) is 0.480. The molecule has 0 aliphatic heterocycles. The van der Waals surface area contributed by atoms with Crippen molar-refractivity contribution in [2.45, 2.75) is 64.0 Å². The molecular formula is C25H31F6N3O2Si. The molecule has 0 aliphatic rings. The van der Waals surface area contributed by atoms with Gasteiger partial charge in [0.2, 0.25) is 0 Å². The van der Waals surface area contributed by atoms with E-state index in [1.54, 1.807) is 22.9 Å².